The highest BCUT2D eigenvalue weighted by atomic mass is 35.5. The van der Waals surface area contributed by atoms with E-state index in [1.165, 1.54) is 24.1 Å². The number of aromatic nitrogens is 1. The lowest BCUT2D eigenvalue weighted by Gasteiger charge is -2.23. The maximum absolute atomic E-state index is 13.3. The minimum atomic E-state index is -0.579. The Morgan fingerprint density at radius 1 is 1.03 bits per heavy atom. The molecule has 8 heteroatoms. The molecule has 6 nitrogen and oxygen atoms in total. The fourth-order valence-corrected chi connectivity index (χ4v) is 3.64. The summed E-state index contributed by atoms with van der Waals surface area (Å²) in [5.74, 6) is -1.69. The predicted octanol–water partition coefficient (Wildman–Crippen LogP) is 4.74. The van der Waals surface area contributed by atoms with E-state index < -0.39 is 11.8 Å². The number of nitrogens with zero attached hydrogens (tertiary/aromatic N) is 1. The molecule has 0 fully saturated rings. The molecule has 0 bridgehead atoms. The van der Waals surface area contributed by atoms with Crippen molar-refractivity contribution in [2.45, 2.75) is 20.4 Å². The second-order valence-corrected chi connectivity index (χ2v) is 7.77. The van der Waals surface area contributed by atoms with E-state index in [4.69, 9.17) is 16.3 Å². The Morgan fingerprint density at radius 2 is 1.66 bits per heavy atom. The SMILES string of the molecule is COC(=O)c1[nH]c(C)c(C(=O)CN(Cc2ccc(F)cc2)C(=O)c2ccc(Cl)cc2)c1C. The van der Waals surface area contributed by atoms with Gasteiger partial charge in [0.1, 0.15) is 11.5 Å². The van der Waals surface area contributed by atoms with E-state index in [2.05, 4.69) is 4.98 Å². The van der Waals surface area contributed by atoms with E-state index in [1.54, 1.807) is 50.2 Å². The van der Waals surface area contributed by atoms with Crippen molar-refractivity contribution < 1.29 is 23.5 Å². The van der Waals surface area contributed by atoms with Gasteiger partial charge in [0.25, 0.3) is 5.91 Å². The number of methoxy groups -OCH3 is 1. The van der Waals surface area contributed by atoms with Gasteiger partial charge in [0, 0.05) is 28.4 Å². The third kappa shape index (κ3) is 5.06. The maximum atomic E-state index is 13.3. The number of nitrogens with one attached hydrogen (secondary N) is 1. The summed E-state index contributed by atoms with van der Waals surface area (Å²) in [5, 5.41) is 0.483. The number of halogens is 2. The van der Waals surface area contributed by atoms with Crippen LogP contribution in [-0.2, 0) is 11.3 Å². The van der Waals surface area contributed by atoms with Gasteiger partial charge in [-0.2, -0.15) is 0 Å². The molecule has 0 radical (unpaired) electrons. The van der Waals surface area contributed by atoms with Crippen molar-refractivity contribution in [1.82, 2.24) is 9.88 Å². The molecule has 0 atom stereocenters. The first-order chi connectivity index (χ1) is 15.2. The number of ether oxygens (including phenoxy) is 1. The van der Waals surface area contributed by atoms with Gasteiger partial charge in [-0.1, -0.05) is 23.7 Å². The van der Waals surface area contributed by atoms with Crippen molar-refractivity contribution in [1.29, 1.82) is 0 Å². The molecule has 1 heterocycles. The average molecular weight is 457 g/mol. The lowest BCUT2D eigenvalue weighted by Crippen LogP contribution is -2.35. The lowest BCUT2D eigenvalue weighted by molar-refractivity contribution is 0.0593. The number of carbonyl (C=O) groups excluding carboxylic acids is 3. The number of H-pyrrole nitrogens is 1. The molecule has 0 saturated heterocycles. The monoisotopic (exact) mass is 456 g/mol. The standard InChI is InChI=1S/C24H22ClFN2O4/c1-14-21(15(2)27-22(14)24(31)32-3)20(29)13-28(12-16-4-10-19(26)11-5-16)23(30)17-6-8-18(25)9-7-17/h4-11,27H,12-13H2,1-3H3. The average Bonchev–Trinajstić information content (AvgIpc) is 3.08. The van der Waals surface area contributed by atoms with E-state index in [0.717, 1.165) is 0 Å². The molecule has 1 aromatic heterocycles. The summed E-state index contributed by atoms with van der Waals surface area (Å²) in [6, 6.07) is 12.1. The van der Waals surface area contributed by atoms with E-state index in [-0.39, 0.29) is 30.5 Å². The van der Waals surface area contributed by atoms with Crippen LogP contribution in [0, 0.1) is 19.7 Å². The molecule has 1 amide bonds. The second kappa shape index (κ2) is 9.78. The molecular weight excluding hydrogens is 435 g/mol. The minimum Gasteiger partial charge on any atom is -0.464 e. The number of carbonyl (C=O) groups is 3. The van der Waals surface area contributed by atoms with Gasteiger partial charge >= 0.3 is 5.97 Å². The van der Waals surface area contributed by atoms with Crippen molar-refractivity contribution in [2.75, 3.05) is 13.7 Å². The molecule has 3 rings (SSSR count). The molecule has 166 valence electrons. The largest absolute Gasteiger partial charge is 0.464 e. The smallest absolute Gasteiger partial charge is 0.354 e. The highest BCUT2D eigenvalue weighted by Crippen LogP contribution is 2.21. The normalized spacial score (nSPS) is 10.7. The van der Waals surface area contributed by atoms with Crippen LogP contribution in [0.4, 0.5) is 4.39 Å². The van der Waals surface area contributed by atoms with Crippen LogP contribution in [0.25, 0.3) is 0 Å². The molecule has 0 aliphatic rings. The molecule has 0 spiro atoms. The van der Waals surface area contributed by atoms with E-state index >= 15 is 0 Å². The predicted molar refractivity (Wildman–Crippen MR) is 119 cm³/mol. The Kier molecular flexibility index (Phi) is 7.10. The number of aryl methyl sites for hydroxylation is 1. The molecule has 2 aromatic carbocycles. The maximum Gasteiger partial charge on any atom is 0.354 e. The summed E-state index contributed by atoms with van der Waals surface area (Å²) >= 11 is 5.92. The summed E-state index contributed by atoms with van der Waals surface area (Å²) in [7, 11) is 1.26. The van der Waals surface area contributed by atoms with E-state index in [9.17, 15) is 18.8 Å². The molecule has 32 heavy (non-hydrogen) atoms. The summed E-state index contributed by atoms with van der Waals surface area (Å²) < 4.78 is 18.1. The Morgan fingerprint density at radius 3 is 2.25 bits per heavy atom. The molecular formula is C24H22ClFN2O4. The quantitative estimate of drug-likeness (QED) is 0.411. The Bertz CT molecular complexity index is 1150. The van der Waals surface area contributed by atoms with Crippen molar-refractivity contribution in [3.8, 4) is 0 Å². The van der Waals surface area contributed by atoms with Crippen LogP contribution in [-0.4, -0.2) is 41.2 Å². The minimum absolute atomic E-state index is 0.0971. The van der Waals surface area contributed by atoms with Crippen molar-refractivity contribution in [3.63, 3.8) is 0 Å². The summed E-state index contributed by atoms with van der Waals surface area (Å²) in [6.45, 7) is 3.19. The van der Waals surface area contributed by atoms with Gasteiger partial charge in [-0.05, 0) is 61.4 Å². The number of esters is 1. The molecule has 0 aliphatic heterocycles. The van der Waals surface area contributed by atoms with Gasteiger partial charge in [0.05, 0.1) is 13.7 Å². The Balaban J connectivity index is 1.93. The number of benzene rings is 2. The fourth-order valence-electron chi connectivity index (χ4n) is 3.51. The first-order valence-electron chi connectivity index (χ1n) is 9.81. The van der Waals surface area contributed by atoms with Crippen LogP contribution >= 0.6 is 11.6 Å². The zero-order valence-corrected chi connectivity index (χ0v) is 18.6. The third-order valence-corrected chi connectivity index (χ3v) is 5.36. The Labute approximate surface area is 190 Å². The first-order valence-corrected chi connectivity index (χ1v) is 10.2. The van der Waals surface area contributed by atoms with E-state index in [1.807, 2.05) is 0 Å². The Hall–Kier alpha value is -3.45. The van der Waals surface area contributed by atoms with Crippen LogP contribution in [0.3, 0.4) is 0 Å². The van der Waals surface area contributed by atoms with Crippen LogP contribution in [0.1, 0.15) is 48.0 Å². The molecule has 3 aromatic rings. The summed E-state index contributed by atoms with van der Waals surface area (Å²) in [4.78, 5) is 42.6. The van der Waals surface area contributed by atoms with Gasteiger partial charge in [-0.3, -0.25) is 9.59 Å². The van der Waals surface area contributed by atoms with Crippen LogP contribution in [0.5, 0.6) is 0 Å². The first kappa shape index (κ1) is 23.2. The topological polar surface area (TPSA) is 79.5 Å². The highest BCUT2D eigenvalue weighted by Gasteiger charge is 2.26. The third-order valence-electron chi connectivity index (χ3n) is 5.11. The fraction of sp³-hybridized carbons (Fsp3) is 0.208. The number of hydrogen-bond donors (Lipinski definition) is 1. The van der Waals surface area contributed by atoms with Crippen LogP contribution in [0.2, 0.25) is 5.02 Å². The van der Waals surface area contributed by atoms with Gasteiger partial charge in [-0.25, -0.2) is 9.18 Å². The zero-order chi connectivity index (χ0) is 23.4. The number of ketones is 1. The van der Waals surface area contributed by atoms with Gasteiger partial charge in [0.2, 0.25) is 0 Å². The lowest BCUT2D eigenvalue weighted by atomic mass is 10.0. The number of aromatic amines is 1. The van der Waals surface area contributed by atoms with Gasteiger partial charge < -0.3 is 14.6 Å². The molecule has 0 saturated carbocycles. The van der Waals surface area contributed by atoms with Gasteiger partial charge in [0.15, 0.2) is 5.78 Å². The number of hydrogen-bond acceptors (Lipinski definition) is 4. The highest BCUT2D eigenvalue weighted by molar-refractivity contribution is 6.30. The van der Waals surface area contributed by atoms with Gasteiger partial charge in [-0.15, -0.1) is 0 Å². The molecule has 0 aliphatic carbocycles. The number of rotatable bonds is 7. The van der Waals surface area contributed by atoms with Crippen molar-refractivity contribution >= 4 is 29.3 Å². The molecule has 0 unspecified atom stereocenters. The van der Waals surface area contributed by atoms with Crippen LogP contribution in [0.15, 0.2) is 48.5 Å². The van der Waals surface area contributed by atoms with E-state index in [0.29, 0.717) is 33.0 Å². The second-order valence-electron chi connectivity index (χ2n) is 7.33. The number of Topliss-reactive ketones (excluding diaryl/α,β-unsaturated/α-hetero) is 1. The summed E-state index contributed by atoms with van der Waals surface area (Å²) in [5.41, 5.74) is 2.52. The zero-order valence-electron chi connectivity index (χ0n) is 17.9. The van der Waals surface area contributed by atoms with Crippen molar-refractivity contribution in [2.24, 2.45) is 0 Å². The summed E-state index contributed by atoms with van der Waals surface area (Å²) in [6.07, 6.45) is 0. The van der Waals surface area contributed by atoms with Crippen molar-refractivity contribution in [3.05, 3.63) is 93.0 Å². The molecule has 1 N–H and O–H groups in total. The van der Waals surface area contributed by atoms with Crippen LogP contribution < -0.4 is 0 Å². The number of amides is 1.